The number of aryl methyl sites for hydroxylation is 2. The third kappa shape index (κ3) is 4.00. The van der Waals surface area contributed by atoms with Crippen molar-refractivity contribution in [1.29, 1.82) is 0 Å². The summed E-state index contributed by atoms with van der Waals surface area (Å²) in [5.41, 5.74) is 2.99. The molecule has 2 aliphatic rings. The molecular weight excluding hydrogens is 382 g/mol. The molecule has 1 saturated heterocycles. The van der Waals surface area contributed by atoms with E-state index in [0.29, 0.717) is 19.0 Å². The van der Waals surface area contributed by atoms with Gasteiger partial charge in [-0.25, -0.2) is 0 Å². The van der Waals surface area contributed by atoms with E-state index in [1.165, 1.54) is 5.56 Å². The van der Waals surface area contributed by atoms with Crippen molar-refractivity contribution in [3.05, 3.63) is 42.2 Å². The van der Waals surface area contributed by atoms with E-state index in [4.69, 9.17) is 0 Å². The fourth-order valence-electron chi connectivity index (χ4n) is 4.05. The van der Waals surface area contributed by atoms with Gasteiger partial charge in [0, 0.05) is 45.6 Å². The lowest BCUT2D eigenvalue weighted by Crippen LogP contribution is -2.56. The van der Waals surface area contributed by atoms with E-state index in [2.05, 4.69) is 21.5 Å². The van der Waals surface area contributed by atoms with Gasteiger partial charge in [0.1, 0.15) is 6.54 Å². The van der Waals surface area contributed by atoms with Gasteiger partial charge in [0.15, 0.2) is 5.96 Å². The maximum absolute atomic E-state index is 12.9. The first-order chi connectivity index (χ1) is 14.6. The number of benzene rings is 1. The second-order valence-electron chi connectivity index (χ2n) is 7.52. The number of carbonyl (C=O) groups is 2. The van der Waals surface area contributed by atoms with Gasteiger partial charge >= 0.3 is 0 Å². The summed E-state index contributed by atoms with van der Waals surface area (Å²) in [7, 11) is 3.49. The number of piperazine rings is 1. The van der Waals surface area contributed by atoms with Crippen molar-refractivity contribution in [2.45, 2.75) is 12.8 Å². The Morgan fingerprint density at radius 2 is 2.07 bits per heavy atom. The number of rotatable bonds is 3. The van der Waals surface area contributed by atoms with Crippen LogP contribution in [0.4, 0.5) is 11.4 Å². The van der Waals surface area contributed by atoms with E-state index in [-0.39, 0.29) is 24.9 Å². The first-order valence-corrected chi connectivity index (χ1v) is 10.2. The van der Waals surface area contributed by atoms with E-state index in [1.807, 2.05) is 41.2 Å². The van der Waals surface area contributed by atoms with Gasteiger partial charge in [0.25, 0.3) is 0 Å². The lowest BCUT2D eigenvalue weighted by molar-refractivity contribution is -0.120. The monoisotopic (exact) mass is 409 g/mol. The number of hydrogen-bond acceptors (Lipinski definition) is 4. The summed E-state index contributed by atoms with van der Waals surface area (Å²) in [6.07, 6.45) is 5.48. The molecule has 0 spiro atoms. The summed E-state index contributed by atoms with van der Waals surface area (Å²) < 4.78 is 1.68. The number of nitrogens with one attached hydrogen (secondary N) is 1. The standard InChI is InChI=1S/C21H27N7O2/c1-22-21(26-10-11-27(20(30)15-26)17-12-24-25(2)14-17)23-13-19(29)28-9-5-7-16-6-3-4-8-18(16)28/h3-4,6,8,12,14H,5,7,9-11,13,15H2,1-2H3,(H,22,23). The lowest BCUT2D eigenvalue weighted by atomic mass is 10.0. The fourth-order valence-corrected chi connectivity index (χ4v) is 4.05. The van der Waals surface area contributed by atoms with Crippen molar-refractivity contribution in [3.63, 3.8) is 0 Å². The fraction of sp³-hybridized carbons (Fsp3) is 0.429. The van der Waals surface area contributed by atoms with Crippen LogP contribution in [0.3, 0.4) is 0 Å². The number of aromatic nitrogens is 2. The maximum Gasteiger partial charge on any atom is 0.246 e. The third-order valence-corrected chi connectivity index (χ3v) is 5.54. The van der Waals surface area contributed by atoms with Crippen LogP contribution in [-0.4, -0.2) is 72.2 Å². The smallest absolute Gasteiger partial charge is 0.246 e. The molecule has 0 atom stereocenters. The summed E-state index contributed by atoms with van der Waals surface area (Å²) in [5.74, 6) is 0.546. The Kier molecular flexibility index (Phi) is 5.69. The van der Waals surface area contributed by atoms with Gasteiger partial charge in [-0.2, -0.15) is 5.10 Å². The quantitative estimate of drug-likeness (QED) is 0.594. The highest BCUT2D eigenvalue weighted by Gasteiger charge is 2.28. The number of aliphatic imine (C=N–C) groups is 1. The van der Waals surface area contributed by atoms with Gasteiger partial charge in [-0.05, 0) is 24.5 Å². The average molecular weight is 409 g/mol. The Morgan fingerprint density at radius 3 is 2.80 bits per heavy atom. The van der Waals surface area contributed by atoms with E-state index in [1.54, 1.807) is 22.8 Å². The Morgan fingerprint density at radius 1 is 1.23 bits per heavy atom. The summed E-state index contributed by atoms with van der Waals surface area (Å²) in [5, 5.41) is 7.28. The van der Waals surface area contributed by atoms with Crippen molar-refractivity contribution in [1.82, 2.24) is 20.0 Å². The van der Waals surface area contributed by atoms with Crippen LogP contribution in [0, 0.1) is 0 Å². The molecule has 2 amide bonds. The molecule has 2 aromatic rings. The van der Waals surface area contributed by atoms with E-state index < -0.39 is 0 Å². The lowest BCUT2D eigenvalue weighted by Gasteiger charge is -2.35. The van der Waals surface area contributed by atoms with Crippen LogP contribution >= 0.6 is 0 Å². The molecule has 0 bridgehead atoms. The molecule has 1 fully saturated rings. The predicted molar refractivity (Wildman–Crippen MR) is 116 cm³/mol. The van der Waals surface area contributed by atoms with Gasteiger partial charge in [0.2, 0.25) is 11.8 Å². The summed E-state index contributed by atoms with van der Waals surface area (Å²) >= 11 is 0. The van der Waals surface area contributed by atoms with Crippen molar-refractivity contribution in [3.8, 4) is 0 Å². The summed E-state index contributed by atoms with van der Waals surface area (Å²) in [6, 6.07) is 8.05. The number of hydrogen-bond donors (Lipinski definition) is 1. The normalized spacial score (nSPS) is 17.2. The molecule has 0 radical (unpaired) electrons. The number of fused-ring (bicyclic) bond motifs is 1. The molecule has 158 valence electrons. The Bertz CT molecular complexity index is 968. The molecule has 3 heterocycles. The van der Waals surface area contributed by atoms with E-state index in [0.717, 1.165) is 30.8 Å². The third-order valence-electron chi connectivity index (χ3n) is 5.54. The number of nitrogens with zero attached hydrogens (tertiary/aromatic N) is 6. The minimum atomic E-state index is -0.0199. The topological polar surface area (TPSA) is 86.1 Å². The van der Waals surface area contributed by atoms with Crippen LogP contribution in [0.2, 0.25) is 0 Å². The average Bonchev–Trinajstić information content (AvgIpc) is 3.19. The van der Waals surface area contributed by atoms with Crippen LogP contribution in [0.5, 0.6) is 0 Å². The zero-order valence-corrected chi connectivity index (χ0v) is 17.4. The number of anilines is 2. The minimum absolute atomic E-state index is 0.00335. The number of guanidine groups is 1. The minimum Gasteiger partial charge on any atom is -0.347 e. The van der Waals surface area contributed by atoms with Crippen molar-refractivity contribution in [2.24, 2.45) is 12.0 Å². The summed E-state index contributed by atoms with van der Waals surface area (Å²) in [6.45, 7) is 2.23. The molecule has 9 nitrogen and oxygen atoms in total. The van der Waals surface area contributed by atoms with Crippen LogP contribution in [0.1, 0.15) is 12.0 Å². The molecule has 1 aromatic carbocycles. The highest BCUT2D eigenvalue weighted by molar-refractivity contribution is 6.00. The molecule has 0 saturated carbocycles. The molecule has 2 aliphatic heterocycles. The first kappa shape index (κ1) is 19.9. The molecule has 30 heavy (non-hydrogen) atoms. The molecule has 1 aromatic heterocycles. The maximum atomic E-state index is 12.9. The number of para-hydroxylation sites is 1. The molecule has 9 heteroatoms. The van der Waals surface area contributed by atoms with E-state index in [9.17, 15) is 9.59 Å². The molecule has 0 unspecified atom stereocenters. The largest absolute Gasteiger partial charge is 0.347 e. The van der Waals surface area contributed by atoms with Crippen molar-refractivity contribution in [2.75, 3.05) is 49.6 Å². The van der Waals surface area contributed by atoms with Crippen molar-refractivity contribution < 1.29 is 9.59 Å². The predicted octanol–water partition coefficient (Wildman–Crippen LogP) is 0.623. The van der Waals surface area contributed by atoms with Crippen LogP contribution < -0.4 is 15.1 Å². The summed E-state index contributed by atoms with van der Waals surface area (Å²) in [4.78, 5) is 35.3. The first-order valence-electron chi connectivity index (χ1n) is 10.2. The second kappa shape index (κ2) is 8.56. The zero-order valence-electron chi connectivity index (χ0n) is 17.4. The van der Waals surface area contributed by atoms with Gasteiger partial charge in [0.05, 0.1) is 18.4 Å². The van der Waals surface area contributed by atoms with Gasteiger partial charge in [-0.15, -0.1) is 0 Å². The van der Waals surface area contributed by atoms with Gasteiger partial charge < -0.3 is 20.0 Å². The molecule has 4 rings (SSSR count). The highest BCUT2D eigenvalue weighted by atomic mass is 16.2. The zero-order chi connectivity index (χ0) is 21.1. The van der Waals surface area contributed by atoms with E-state index >= 15 is 0 Å². The van der Waals surface area contributed by atoms with Gasteiger partial charge in [-0.1, -0.05) is 18.2 Å². The number of amides is 2. The van der Waals surface area contributed by atoms with Crippen LogP contribution in [0.15, 0.2) is 41.7 Å². The van der Waals surface area contributed by atoms with Gasteiger partial charge in [-0.3, -0.25) is 19.3 Å². The second-order valence-corrected chi connectivity index (χ2v) is 7.52. The molecule has 0 aliphatic carbocycles. The number of carbonyl (C=O) groups excluding carboxylic acids is 2. The molecule has 1 N–H and O–H groups in total. The van der Waals surface area contributed by atoms with Crippen LogP contribution in [-0.2, 0) is 23.1 Å². The highest BCUT2D eigenvalue weighted by Crippen LogP contribution is 2.26. The van der Waals surface area contributed by atoms with Crippen molar-refractivity contribution >= 4 is 29.1 Å². The Hall–Kier alpha value is -3.36. The Labute approximate surface area is 176 Å². The van der Waals surface area contributed by atoms with Crippen LogP contribution in [0.25, 0.3) is 0 Å². The Balaban J connectivity index is 1.36. The SMILES string of the molecule is CN=C(NCC(=O)N1CCCc2ccccc21)N1CCN(c2cnn(C)c2)C(=O)C1. The molecular formula is C21H27N7O2.